The average molecular weight is 340 g/mol. The van der Waals surface area contributed by atoms with Crippen LogP contribution >= 0.6 is 0 Å². The quantitative estimate of drug-likeness (QED) is 0.845. The topological polar surface area (TPSA) is 90.0 Å². The second-order valence-corrected chi connectivity index (χ2v) is 6.79. The molecule has 2 amide bonds. The maximum atomic E-state index is 12.4. The summed E-state index contributed by atoms with van der Waals surface area (Å²) >= 11 is 0. The van der Waals surface area contributed by atoms with Gasteiger partial charge in [-0.3, -0.25) is 14.6 Å². The minimum absolute atomic E-state index is 0.0965. The van der Waals surface area contributed by atoms with Crippen LogP contribution in [0.4, 0.5) is 0 Å². The van der Waals surface area contributed by atoms with Gasteiger partial charge in [0.2, 0.25) is 5.91 Å². The number of primary amides is 1. The lowest BCUT2D eigenvalue weighted by Gasteiger charge is -2.27. The molecular weight excluding hydrogens is 316 g/mol. The Bertz CT molecular complexity index is 719. The molecule has 0 spiro atoms. The molecule has 3 rings (SSSR count). The standard InChI is InChI=1S/C19H24N4O2/c20-18(24)9-14-3-5-15(6-4-14)11-22-19(25)16-10-17(13-21-12-16)23-7-1-2-8-23/h1-2,7-8,10,12-15H,3-6,9,11H2,(H2,20,24)(H,22,25). The highest BCUT2D eigenvalue weighted by atomic mass is 16.2. The molecule has 0 unspecified atom stereocenters. The van der Waals surface area contributed by atoms with Crippen molar-refractivity contribution in [2.75, 3.05) is 6.54 Å². The molecule has 0 aliphatic heterocycles. The molecule has 0 aromatic carbocycles. The summed E-state index contributed by atoms with van der Waals surface area (Å²) < 4.78 is 1.92. The number of carbonyl (C=O) groups is 2. The van der Waals surface area contributed by atoms with Crippen molar-refractivity contribution in [3.8, 4) is 5.69 Å². The van der Waals surface area contributed by atoms with Gasteiger partial charge in [-0.05, 0) is 55.7 Å². The van der Waals surface area contributed by atoms with Crippen LogP contribution in [0, 0.1) is 11.8 Å². The summed E-state index contributed by atoms with van der Waals surface area (Å²) in [6.07, 6.45) is 11.7. The molecule has 25 heavy (non-hydrogen) atoms. The van der Waals surface area contributed by atoms with E-state index in [1.165, 1.54) is 0 Å². The first-order valence-corrected chi connectivity index (χ1v) is 8.76. The first kappa shape index (κ1) is 17.2. The van der Waals surface area contributed by atoms with Gasteiger partial charge in [-0.2, -0.15) is 0 Å². The van der Waals surface area contributed by atoms with E-state index >= 15 is 0 Å². The van der Waals surface area contributed by atoms with Gasteiger partial charge in [0.05, 0.1) is 17.4 Å². The van der Waals surface area contributed by atoms with Crippen molar-refractivity contribution in [3.05, 3.63) is 48.5 Å². The number of hydrogen-bond donors (Lipinski definition) is 2. The highest BCUT2D eigenvalue weighted by molar-refractivity contribution is 5.94. The molecule has 1 aliphatic rings. The Morgan fingerprint density at radius 2 is 1.80 bits per heavy atom. The van der Waals surface area contributed by atoms with Gasteiger partial charge in [0.25, 0.3) is 5.91 Å². The Balaban J connectivity index is 1.50. The Morgan fingerprint density at radius 1 is 1.12 bits per heavy atom. The Hall–Kier alpha value is -2.63. The summed E-state index contributed by atoms with van der Waals surface area (Å²) in [7, 11) is 0. The van der Waals surface area contributed by atoms with Crippen molar-refractivity contribution in [1.82, 2.24) is 14.9 Å². The van der Waals surface area contributed by atoms with E-state index in [1.54, 1.807) is 12.4 Å². The number of pyridine rings is 1. The van der Waals surface area contributed by atoms with Crippen molar-refractivity contribution in [1.29, 1.82) is 0 Å². The second-order valence-electron chi connectivity index (χ2n) is 6.79. The molecule has 1 fully saturated rings. The molecule has 0 bridgehead atoms. The van der Waals surface area contributed by atoms with Crippen LogP contribution in [0.25, 0.3) is 5.69 Å². The smallest absolute Gasteiger partial charge is 0.252 e. The van der Waals surface area contributed by atoms with E-state index in [2.05, 4.69) is 10.3 Å². The summed E-state index contributed by atoms with van der Waals surface area (Å²) in [4.78, 5) is 27.6. The van der Waals surface area contributed by atoms with Gasteiger partial charge in [0.15, 0.2) is 0 Å². The number of nitrogens with one attached hydrogen (secondary N) is 1. The Morgan fingerprint density at radius 3 is 2.48 bits per heavy atom. The lowest BCUT2D eigenvalue weighted by Crippen LogP contribution is -2.32. The minimum atomic E-state index is -0.216. The van der Waals surface area contributed by atoms with E-state index in [0.717, 1.165) is 31.4 Å². The zero-order valence-electron chi connectivity index (χ0n) is 14.2. The van der Waals surface area contributed by atoms with Gasteiger partial charge in [-0.25, -0.2) is 0 Å². The largest absolute Gasteiger partial charge is 0.370 e. The van der Waals surface area contributed by atoms with Crippen molar-refractivity contribution < 1.29 is 9.59 Å². The van der Waals surface area contributed by atoms with E-state index < -0.39 is 0 Å². The molecule has 2 aromatic heterocycles. The molecule has 2 heterocycles. The predicted molar refractivity (Wildman–Crippen MR) is 95.2 cm³/mol. The lowest BCUT2D eigenvalue weighted by atomic mass is 9.80. The van der Waals surface area contributed by atoms with Crippen LogP contribution in [0.2, 0.25) is 0 Å². The number of nitrogens with zero attached hydrogens (tertiary/aromatic N) is 2. The molecule has 1 aliphatic carbocycles. The third-order valence-electron chi connectivity index (χ3n) is 4.90. The van der Waals surface area contributed by atoms with Gasteiger partial charge in [0.1, 0.15) is 0 Å². The van der Waals surface area contributed by atoms with E-state index in [1.807, 2.05) is 35.2 Å². The first-order chi connectivity index (χ1) is 12.1. The van der Waals surface area contributed by atoms with Crippen molar-refractivity contribution >= 4 is 11.8 Å². The van der Waals surface area contributed by atoms with Gasteiger partial charge < -0.3 is 15.6 Å². The van der Waals surface area contributed by atoms with E-state index in [0.29, 0.717) is 30.4 Å². The molecule has 6 heteroatoms. The van der Waals surface area contributed by atoms with E-state index in [9.17, 15) is 9.59 Å². The number of nitrogens with two attached hydrogens (primary N) is 1. The predicted octanol–water partition coefficient (Wildman–Crippen LogP) is 2.28. The molecule has 6 nitrogen and oxygen atoms in total. The van der Waals surface area contributed by atoms with Crippen molar-refractivity contribution in [3.63, 3.8) is 0 Å². The van der Waals surface area contributed by atoms with Crippen LogP contribution in [-0.4, -0.2) is 27.9 Å². The van der Waals surface area contributed by atoms with Crippen LogP contribution in [0.5, 0.6) is 0 Å². The molecular formula is C19H24N4O2. The minimum Gasteiger partial charge on any atom is -0.370 e. The van der Waals surface area contributed by atoms with E-state index in [-0.39, 0.29) is 11.8 Å². The van der Waals surface area contributed by atoms with Gasteiger partial charge >= 0.3 is 0 Å². The average Bonchev–Trinajstić information content (AvgIpc) is 3.15. The fourth-order valence-electron chi connectivity index (χ4n) is 3.46. The highest BCUT2D eigenvalue weighted by Gasteiger charge is 2.22. The molecule has 2 aromatic rings. The maximum absolute atomic E-state index is 12.4. The van der Waals surface area contributed by atoms with E-state index in [4.69, 9.17) is 5.73 Å². The van der Waals surface area contributed by atoms with Gasteiger partial charge in [-0.1, -0.05) is 0 Å². The summed E-state index contributed by atoms with van der Waals surface area (Å²) in [5.74, 6) is 0.563. The zero-order valence-corrected chi connectivity index (χ0v) is 14.2. The first-order valence-electron chi connectivity index (χ1n) is 8.76. The number of carbonyl (C=O) groups excluding carboxylic acids is 2. The maximum Gasteiger partial charge on any atom is 0.252 e. The summed E-state index contributed by atoms with van der Waals surface area (Å²) in [6.45, 7) is 0.663. The normalized spacial score (nSPS) is 20.2. The molecule has 1 saturated carbocycles. The second kappa shape index (κ2) is 7.96. The third-order valence-corrected chi connectivity index (χ3v) is 4.90. The number of rotatable bonds is 6. The third kappa shape index (κ3) is 4.68. The summed E-state index contributed by atoms with van der Waals surface area (Å²) in [6, 6.07) is 5.70. The lowest BCUT2D eigenvalue weighted by molar-refractivity contribution is -0.119. The fraction of sp³-hybridized carbons (Fsp3) is 0.421. The van der Waals surface area contributed by atoms with Crippen LogP contribution in [-0.2, 0) is 4.79 Å². The molecule has 0 radical (unpaired) electrons. The molecule has 3 N–H and O–H groups in total. The number of hydrogen-bond acceptors (Lipinski definition) is 3. The Kier molecular flexibility index (Phi) is 5.48. The van der Waals surface area contributed by atoms with Crippen LogP contribution < -0.4 is 11.1 Å². The molecule has 0 saturated heterocycles. The van der Waals surface area contributed by atoms with Gasteiger partial charge in [0, 0.05) is 31.6 Å². The monoisotopic (exact) mass is 340 g/mol. The number of aromatic nitrogens is 2. The van der Waals surface area contributed by atoms with Gasteiger partial charge in [-0.15, -0.1) is 0 Å². The van der Waals surface area contributed by atoms with Crippen LogP contribution in [0.3, 0.4) is 0 Å². The number of amides is 2. The summed E-state index contributed by atoms with van der Waals surface area (Å²) in [5, 5.41) is 3.02. The highest BCUT2D eigenvalue weighted by Crippen LogP contribution is 2.30. The SMILES string of the molecule is NC(=O)CC1CCC(CNC(=O)c2cncc(-n3cccc3)c2)CC1. The molecule has 132 valence electrons. The van der Waals surface area contributed by atoms with Crippen molar-refractivity contribution in [2.24, 2.45) is 17.6 Å². The van der Waals surface area contributed by atoms with Crippen LogP contribution in [0.15, 0.2) is 43.0 Å². The molecule has 0 atom stereocenters. The summed E-state index contributed by atoms with van der Waals surface area (Å²) in [5.41, 5.74) is 6.69. The zero-order chi connectivity index (χ0) is 17.6. The van der Waals surface area contributed by atoms with Crippen LogP contribution in [0.1, 0.15) is 42.5 Å². The fourth-order valence-corrected chi connectivity index (χ4v) is 3.46. The van der Waals surface area contributed by atoms with Crippen molar-refractivity contribution in [2.45, 2.75) is 32.1 Å². The Labute approximate surface area is 147 Å².